The smallest absolute Gasteiger partial charge is 0.260 e. The van der Waals surface area contributed by atoms with Crippen LogP contribution < -0.4 is 28.6 Å². The van der Waals surface area contributed by atoms with Gasteiger partial charge in [-0.3, -0.25) is 14.6 Å². The fraction of sp³-hybridized carbons (Fsp3) is 0.286. The average Bonchev–Trinajstić information content (AvgIpc) is 2.92. The van der Waals surface area contributed by atoms with Crippen molar-refractivity contribution < 1.29 is 28.5 Å². The standard InChI is InChI=1S/C28H27ClN2O6S/c1-28-15-20(19-7-6-8-21(33-2)24(19)37-28)30(27(38)31(28)18-11-9-17(29)10-12-18)26(32)16-13-22(34-3)25(36-5)23(14-16)35-4/h6-14,20H,15H2,1-5H3/t20-,28-/m1/s1. The van der Waals surface area contributed by atoms with Crippen LogP contribution in [0, 0.1) is 0 Å². The first kappa shape index (κ1) is 25.9. The Hall–Kier alpha value is -3.69. The minimum Gasteiger partial charge on any atom is -0.493 e. The van der Waals surface area contributed by atoms with Crippen LogP contribution in [0.25, 0.3) is 0 Å². The molecule has 1 saturated heterocycles. The van der Waals surface area contributed by atoms with E-state index in [1.165, 1.54) is 21.3 Å². The number of halogens is 1. The summed E-state index contributed by atoms with van der Waals surface area (Å²) in [6.07, 6.45) is 0.450. The van der Waals surface area contributed by atoms with Crippen molar-refractivity contribution in [2.24, 2.45) is 0 Å². The first-order chi connectivity index (χ1) is 18.3. The van der Waals surface area contributed by atoms with Crippen LogP contribution >= 0.6 is 23.8 Å². The number of benzene rings is 3. The van der Waals surface area contributed by atoms with Gasteiger partial charge in [-0.05, 0) is 61.6 Å². The van der Waals surface area contributed by atoms with E-state index in [1.807, 2.05) is 42.2 Å². The highest BCUT2D eigenvalue weighted by molar-refractivity contribution is 7.80. The number of thiocarbonyl (C=S) groups is 1. The molecule has 10 heteroatoms. The van der Waals surface area contributed by atoms with Gasteiger partial charge in [0.25, 0.3) is 5.91 Å². The molecule has 0 unspecified atom stereocenters. The lowest BCUT2D eigenvalue weighted by atomic mass is 9.88. The Kier molecular flexibility index (Phi) is 6.75. The van der Waals surface area contributed by atoms with E-state index in [1.54, 1.807) is 36.3 Å². The molecule has 3 aromatic carbocycles. The summed E-state index contributed by atoms with van der Waals surface area (Å²) in [7, 11) is 6.11. The second kappa shape index (κ2) is 9.89. The molecule has 0 N–H and O–H groups in total. The summed E-state index contributed by atoms with van der Waals surface area (Å²) in [5.74, 6) is 1.94. The van der Waals surface area contributed by atoms with Gasteiger partial charge in [-0.1, -0.05) is 23.7 Å². The summed E-state index contributed by atoms with van der Waals surface area (Å²) in [6, 6.07) is 15.7. The summed E-state index contributed by atoms with van der Waals surface area (Å²) in [6.45, 7) is 1.96. The molecular weight excluding hydrogens is 528 g/mol. The van der Waals surface area contributed by atoms with Crippen molar-refractivity contribution in [3.63, 3.8) is 0 Å². The average molecular weight is 555 g/mol. The molecule has 2 bridgehead atoms. The normalized spacial score (nSPS) is 19.8. The van der Waals surface area contributed by atoms with E-state index < -0.39 is 11.8 Å². The molecule has 198 valence electrons. The lowest BCUT2D eigenvalue weighted by Gasteiger charge is -2.55. The van der Waals surface area contributed by atoms with Crippen molar-refractivity contribution >= 4 is 40.5 Å². The molecule has 0 aromatic heterocycles. The van der Waals surface area contributed by atoms with Crippen molar-refractivity contribution in [3.05, 3.63) is 70.7 Å². The van der Waals surface area contributed by atoms with E-state index in [2.05, 4.69) is 0 Å². The second-order valence-electron chi connectivity index (χ2n) is 9.06. The van der Waals surface area contributed by atoms with Crippen molar-refractivity contribution in [2.45, 2.75) is 25.1 Å². The number of rotatable bonds is 6. The van der Waals surface area contributed by atoms with E-state index in [4.69, 9.17) is 47.5 Å². The number of carbonyl (C=O) groups excluding carboxylic acids is 1. The highest BCUT2D eigenvalue weighted by Gasteiger charge is 2.54. The molecule has 5 rings (SSSR count). The SMILES string of the molecule is COc1cc(C(=O)N2C(=S)N(c3ccc(Cl)cc3)[C@@]3(C)C[C@@H]2c2cccc(OC)c2O3)cc(OC)c1OC. The molecule has 0 radical (unpaired) electrons. The number of anilines is 1. The molecule has 1 fully saturated rings. The number of carbonyl (C=O) groups is 1. The molecule has 8 nitrogen and oxygen atoms in total. The number of nitrogens with zero attached hydrogens (tertiary/aromatic N) is 2. The summed E-state index contributed by atoms with van der Waals surface area (Å²) in [5, 5.41) is 0.875. The van der Waals surface area contributed by atoms with Crippen molar-refractivity contribution in [1.29, 1.82) is 0 Å². The fourth-order valence-corrected chi connectivity index (χ4v) is 5.79. The third kappa shape index (κ3) is 4.06. The number of hydrogen-bond donors (Lipinski definition) is 0. The Balaban J connectivity index is 1.70. The van der Waals surface area contributed by atoms with Crippen LogP contribution in [-0.4, -0.2) is 50.1 Å². The summed E-state index contributed by atoms with van der Waals surface area (Å²) < 4.78 is 28.7. The Morgan fingerprint density at radius 1 is 0.974 bits per heavy atom. The Labute approximate surface area is 231 Å². The van der Waals surface area contributed by atoms with Crippen LogP contribution in [0.4, 0.5) is 5.69 Å². The molecular formula is C28H27ClN2O6S. The molecule has 2 aliphatic rings. The van der Waals surface area contributed by atoms with Gasteiger partial charge in [0.1, 0.15) is 0 Å². The fourth-order valence-electron chi connectivity index (χ4n) is 5.15. The van der Waals surface area contributed by atoms with E-state index in [-0.39, 0.29) is 5.91 Å². The van der Waals surface area contributed by atoms with Crippen molar-refractivity contribution in [1.82, 2.24) is 4.90 Å². The monoisotopic (exact) mass is 554 g/mol. The van der Waals surface area contributed by atoms with Crippen molar-refractivity contribution in [3.8, 4) is 28.7 Å². The molecule has 38 heavy (non-hydrogen) atoms. The first-order valence-electron chi connectivity index (χ1n) is 11.9. The van der Waals surface area contributed by atoms with E-state index >= 15 is 0 Å². The highest BCUT2D eigenvalue weighted by atomic mass is 35.5. The minimum atomic E-state index is -0.900. The summed E-state index contributed by atoms with van der Waals surface area (Å²) >= 11 is 12.2. The number of amides is 1. The Bertz CT molecular complexity index is 1390. The predicted molar refractivity (Wildman–Crippen MR) is 148 cm³/mol. The van der Waals surface area contributed by atoms with Gasteiger partial charge < -0.3 is 23.7 Å². The number of ether oxygens (including phenoxy) is 5. The summed E-state index contributed by atoms with van der Waals surface area (Å²) in [5.41, 5.74) is 0.975. The van der Waals surface area contributed by atoms with Crippen LogP contribution in [-0.2, 0) is 0 Å². The number of hydrogen-bond acceptors (Lipinski definition) is 7. The zero-order valence-corrected chi connectivity index (χ0v) is 23.2. The van der Waals surface area contributed by atoms with E-state index in [0.717, 1.165) is 11.3 Å². The van der Waals surface area contributed by atoms with Crippen LogP contribution in [0.15, 0.2) is 54.6 Å². The zero-order chi connectivity index (χ0) is 27.2. The molecule has 0 spiro atoms. The van der Waals surface area contributed by atoms with Crippen molar-refractivity contribution in [2.75, 3.05) is 33.3 Å². The lowest BCUT2D eigenvalue weighted by Crippen LogP contribution is -2.67. The maximum absolute atomic E-state index is 14.3. The van der Waals surface area contributed by atoms with Gasteiger partial charge in [0, 0.05) is 28.3 Å². The largest absolute Gasteiger partial charge is 0.493 e. The van der Waals surface area contributed by atoms with Crippen LogP contribution in [0.1, 0.15) is 35.3 Å². The number of methoxy groups -OCH3 is 4. The molecule has 1 amide bonds. The third-order valence-corrected chi connectivity index (χ3v) is 7.51. The van der Waals surface area contributed by atoms with Gasteiger partial charge >= 0.3 is 0 Å². The van der Waals surface area contributed by atoms with E-state index in [0.29, 0.717) is 50.9 Å². The number of para-hydroxylation sites is 1. The van der Waals surface area contributed by atoms with Crippen LogP contribution in [0.2, 0.25) is 5.02 Å². The Morgan fingerprint density at radius 3 is 2.18 bits per heavy atom. The van der Waals surface area contributed by atoms with Gasteiger partial charge in [0.05, 0.1) is 34.5 Å². The third-order valence-electron chi connectivity index (χ3n) is 6.88. The van der Waals surface area contributed by atoms with Gasteiger partial charge in [-0.2, -0.15) is 0 Å². The number of fused-ring (bicyclic) bond motifs is 4. The maximum Gasteiger partial charge on any atom is 0.260 e. The molecule has 2 heterocycles. The van der Waals surface area contributed by atoms with Gasteiger partial charge in [0.15, 0.2) is 33.8 Å². The quantitative estimate of drug-likeness (QED) is 0.351. The van der Waals surface area contributed by atoms with Gasteiger partial charge in [-0.15, -0.1) is 0 Å². The molecule has 2 aliphatic heterocycles. The zero-order valence-electron chi connectivity index (χ0n) is 21.6. The summed E-state index contributed by atoms with van der Waals surface area (Å²) in [4.78, 5) is 17.8. The minimum absolute atomic E-state index is 0.290. The topological polar surface area (TPSA) is 69.7 Å². The molecule has 0 aliphatic carbocycles. The van der Waals surface area contributed by atoms with Gasteiger partial charge in [-0.25, -0.2) is 0 Å². The highest BCUT2D eigenvalue weighted by Crippen LogP contribution is 2.53. The van der Waals surface area contributed by atoms with Gasteiger partial charge in [0.2, 0.25) is 5.75 Å². The molecule has 0 saturated carbocycles. The first-order valence-corrected chi connectivity index (χ1v) is 12.6. The second-order valence-corrected chi connectivity index (χ2v) is 9.86. The lowest BCUT2D eigenvalue weighted by molar-refractivity contribution is 0.0162. The van der Waals surface area contributed by atoms with E-state index in [9.17, 15) is 4.79 Å². The molecule has 2 atom stereocenters. The predicted octanol–water partition coefficient (Wildman–Crippen LogP) is 5.86. The van der Waals surface area contributed by atoms with Crippen LogP contribution in [0.5, 0.6) is 28.7 Å². The Morgan fingerprint density at radius 2 is 1.61 bits per heavy atom. The maximum atomic E-state index is 14.3. The van der Waals surface area contributed by atoms with Crippen LogP contribution in [0.3, 0.4) is 0 Å². The molecule has 3 aromatic rings.